The van der Waals surface area contributed by atoms with Crippen molar-refractivity contribution in [3.8, 4) is 5.75 Å². The van der Waals surface area contributed by atoms with E-state index in [9.17, 15) is 13.9 Å². The first-order valence-electron chi connectivity index (χ1n) is 10.3. The topological polar surface area (TPSA) is 73.6 Å². The minimum absolute atomic E-state index is 0.0213. The number of hydrazine groups is 1. The monoisotopic (exact) mass is 547 g/mol. The Labute approximate surface area is 215 Å². The van der Waals surface area contributed by atoms with Crippen molar-refractivity contribution in [2.75, 3.05) is 5.01 Å². The molecule has 0 bridgehead atoms. The molecule has 5 aromatic rings. The van der Waals surface area contributed by atoms with E-state index in [1.54, 1.807) is 24.3 Å². The zero-order valence-electron chi connectivity index (χ0n) is 17.5. The van der Waals surface area contributed by atoms with Gasteiger partial charge in [0.05, 0.1) is 36.5 Å². The smallest absolute Gasteiger partial charge is 0.212 e. The summed E-state index contributed by atoms with van der Waals surface area (Å²) >= 11 is 14.7. The van der Waals surface area contributed by atoms with Crippen LogP contribution in [0.3, 0.4) is 0 Å². The summed E-state index contributed by atoms with van der Waals surface area (Å²) in [6.07, 6.45) is 0.473. The van der Waals surface area contributed by atoms with E-state index in [4.69, 9.17) is 23.2 Å². The van der Waals surface area contributed by atoms with Crippen molar-refractivity contribution in [3.63, 3.8) is 0 Å². The van der Waals surface area contributed by atoms with Gasteiger partial charge in [-0.2, -0.15) is 0 Å². The van der Waals surface area contributed by atoms with Gasteiger partial charge >= 0.3 is 0 Å². The predicted molar refractivity (Wildman–Crippen MR) is 137 cm³/mol. The van der Waals surface area contributed by atoms with Crippen LogP contribution in [0.5, 0.6) is 5.75 Å². The number of aromatic nitrogens is 2. The van der Waals surface area contributed by atoms with Gasteiger partial charge in [-0.3, -0.25) is 10.4 Å². The Bertz CT molecular complexity index is 1640. The second-order valence-electron chi connectivity index (χ2n) is 7.76. The quantitative estimate of drug-likeness (QED) is 0.246. The molecule has 2 aromatic heterocycles. The van der Waals surface area contributed by atoms with E-state index in [2.05, 4.69) is 20.4 Å². The van der Waals surface area contributed by atoms with Crippen LogP contribution in [0.2, 0.25) is 10.0 Å². The molecular weight excluding hydrogens is 535 g/mol. The number of aromatic hydroxyl groups is 1. The summed E-state index contributed by atoms with van der Waals surface area (Å²) in [5.41, 5.74) is 5.33. The van der Waals surface area contributed by atoms with Crippen LogP contribution >= 0.6 is 45.9 Å². The van der Waals surface area contributed by atoms with E-state index < -0.39 is 11.6 Å². The van der Waals surface area contributed by atoms with Crippen LogP contribution in [0.15, 0.2) is 53.5 Å². The summed E-state index contributed by atoms with van der Waals surface area (Å²) in [6, 6.07) is 12.3. The number of phenolic OH excluding ortho intramolecular Hbond substituents is 1. The maximum atomic E-state index is 14.0. The third-order valence-electron chi connectivity index (χ3n) is 5.54. The Morgan fingerprint density at radius 1 is 0.914 bits per heavy atom. The van der Waals surface area contributed by atoms with Gasteiger partial charge in [0.15, 0.2) is 0 Å². The first-order chi connectivity index (χ1) is 16.9. The molecule has 6 nitrogen and oxygen atoms in total. The molecule has 0 spiro atoms. The standard InChI is InChI=1S/C23H13Cl2F2N5OS2/c24-18-12(26)5-7-14-20(18)34-22(28-14)30-17-9-16(10-1-3-11(33)4-2-10)32(31-17)23-29-15-8-6-13(27)19(25)21(15)35-23/h1-8,16,33H,9H2,(H,28,30,31). The number of thiazole rings is 2. The molecule has 2 N–H and O–H groups in total. The van der Waals surface area contributed by atoms with E-state index in [1.165, 1.54) is 34.8 Å². The summed E-state index contributed by atoms with van der Waals surface area (Å²) in [4.78, 5) is 13.8. The molecular formula is C23H13Cl2F2N5OS2. The Hall–Kier alpha value is -3.05. The SMILES string of the molecule is Oc1ccc(C2C/C(=N\c3nc4ccc(F)c(Cl)c4s3)NN2c2nc3ccc(F)c(Cl)c3s2)cc1. The Kier molecular flexibility index (Phi) is 5.48. The Balaban J connectivity index is 1.42. The molecule has 0 saturated carbocycles. The van der Waals surface area contributed by atoms with Gasteiger partial charge in [-0.05, 0) is 42.0 Å². The van der Waals surface area contributed by atoms with Gasteiger partial charge in [-0.15, -0.1) is 0 Å². The zero-order valence-corrected chi connectivity index (χ0v) is 20.6. The number of hydrogen-bond acceptors (Lipinski definition) is 7. The fraction of sp³-hybridized carbons (Fsp3) is 0.0870. The van der Waals surface area contributed by atoms with Crippen LogP contribution in [-0.4, -0.2) is 20.9 Å². The van der Waals surface area contributed by atoms with Crippen molar-refractivity contribution in [2.45, 2.75) is 12.5 Å². The summed E-state index contributed by atoms with van der Waals surface area (Å²) in [5.74, 6) is -0.256. The van der Waals surface area contributed by atoms with E-state index in [1.807, 2.05) is 17.1 Å². The van der Waals surface area contributed by atoms with Gasteiger partial charge in [0, 0.05) is 6.42 Å². The molecule has 1 saturated heterocycles. The molecule has 176 valence electrons. The molecule has 1 unspecified atom stereocenters. The molecule has 6 rings (SSSR count). The van der Waals surface area contributed by atoms with Gasteiger partial charge in [0.2, 0.25) is 10.3 Å². The average molecular weight is 548 g/mol. The van der Waals surface area contributed by atoms with E-state index in [-0.39, 0.29) is 21.8 Å². The van der Waals surface area contributed by atoms with Crippen molar-refractivity contribution in [3.05, 3.63) is 75.8 Å². The second-order valence-corrected chi connectivity index (χ2v) is 10.5. The van der Waals surface area contributed by atoms with Crippen molar-refractivity contribution in [1.82, 2.24) is 15.4 Å². The van der Waals surface area contributed by atoms with Crippen molar-refractivity contribution in [1.29, 1.82) is 0 Å². The maximum Gasteiger partial charge on any atom is 0.212 e. The number of nitrogens with one attached hydrogen (secondary N) is 1. The van der Waals surface area contributed by atoms with Crippen LogP contribution in [0.1, 0.15) is 18.0 Å². The van der Waals surface area contributed by atoms with Gasteiger partial charge in [0.25, 0.3) is 0 Å². The fourth-order valence-corrected chi connectivity index (χ4v) is 6.31. The number of anilines is 1. The lowest BCUT2D eigenvalue weighted by molar-refractivity contribution is 0.475. The zero-order chi connectivity index (χ0) is 24.3. The highest BCUT2D eigenvalue weighted by atomic mass is 35.5. The van der Waals surface area contributed by atoms with Crippen molar-refractivity contribution < 1.29 is 13.9 Å². The molecule has 1 aliphatic rings. The molecule has 1 fully saturated rings. The number of rotatable bonds is 3. The molecule has 12 heteroatoms. The van der Waals surface area contributed by atoms with Crippen LogP contribution in [0.25, 0.3) is 20.4 Å². The van der Waals surface area contributed by atoms with E-state index >= 15 is 0 Å². The Morgan fingerprint density at radius 2 is 1.54 bits per heavy atom. The van der Waals surface area contributed by atoms with Crippen molar-refractivity contribution in [2.24, 2.45) is 4.99 Å². The summed E-state index contributed by atoms with van der Waals surface area (Å²) < 4.78 is 28.9. The number of aliphatic imine (C=N–C) groups is 1. The molecule has 1 aliphatic heterocycles. The number of phenols is 1. The van der Waals surface area contributed by atoms with E-state index in [0.29, 0.717) is 43.0 Å². The van der Waals surface area contributed by atoms with Crippen LogP contribution in [-0.2, 0) is 0 Å². The minimum atomic E-state index is -0.509. The third kappa shape index (κ3) is 3.96. The maximum absolute atomic E-state index is 14.0. The molecule has 3 heterocycles. The highest BCUT2D eigenvalue weighted by molar-refractivity contribution is 7.23. The van der Waals surface area contributed by atoms with Crippen LogP contribution < -0.4 is 10.4 Å². The minimum Gasteiger partial charge on any atom is -0.508 e. The number of nitrogens with zero attached hydrogens (tertiary/aromatic N) is 4. The van der Waals surface area contributed by atoms with Crippen LogP contribution in [0, 0.1) is 11.6 Å². The summed E-state index contributed by atoms with van der Waals surface area (Å²) in [7, 11) is 0. The lowest BCUT2D eigenvalue weighted by Gasteiger charge is -2.23. The highest BCUT2D eigenvalue weighted by Crippen LogP contribution is 2.41. The lowest BCUT2D eigenvalue weighted by Crippen LogP contribution is -2.34. The predicted octanol–water partition coefficient (Wildman–Crippen LogP) is 7.38. The molecule has 0 amide bonds. The number of halogens is 4. The fourth-order valence-electron chi connectivity index (χ4n) is 3.87. The van der Waals surface area contributed by atoms with Crippen molar-refractivity contribution >= 4 is 82.4 Å². The number of hydrogen-bond donors (Lipinski definition) is 2. The summed E-state index contributed by atoms with van der Waals surface area (Å²) in [6.45, 7) is 0. The third-order valence-corrected chi connectivity index (χ3v) is 8.57. The van der Waals surface area contributed by atoms with Gasteiger partial charge < -0.3 is 5.11 Å². The highest BCUT2D eigenvalue weighted by Gasteiger charge is 2.33. The van der Waals surface area contributed by atoms with Gasteiger partial charge in [-0.25, -0.2) is 23.7 Å². The van der Waals surface area contributed by atoms with Crippen LogP contribution in [0.4, 0.5) is 19.0 Å². The Morgan fingerprint density at radius 3 is 2.23 bits per heavy atom. The van der Waals surface area contributed by atoms with E-state index in [0.717, 1.165) is 5.56 Å². The second kappa shape index (κ2) is 8.56. The normalized spacial score (nSPS) is 17.1. The molecule has 35 heavy (non-hydrogen) atoms. The molecule has 0 radical (unpaired) electrons. The molecule has 0 aliphatic carbocycles. The lowest BCUT2D eigenvalue weighted by atomic mass is 10.0. The molecule has 1 atom stereocenters. The van der Waals surface area contributed by atoms with Gasteiger partial charge in [0.1, 0.15) is 23.2 Å². The first kappa shape index (κ1) is 22.4. The average Bonchev–Trinajstić information content (AvgIpc) is 3.56. The number of amidine groups is 1. The number of fused-ring (bicyclic) bond motifs is 2. The molecule has 3 aromatic carbocycles. The van der Waals surface area contributed by atoms with Gasteiger partial charge in [-0.1, -0.05) is 58.0 Å². The number of benzene rings is 3. The largest absolute Gasteiger partial charge is 0.508 e. The first-order valence-corrected chi connectivity index (χ1v) is 12.7. The summed E-state index contributed by atoms with van der Waals surface area (Å²) in [5, 5.41) is 12.6.